The van der Waals surface area contributed by atoms with Crippen LogP contribution in [0.1, 0.15) is 19.4 Å². The van der Waals surface area contributed by atoms with Gasteiger partial charge in [0.2, 0.25) is 6.41 Å². The summed E-state index contributed by atoms with van der Waals surface area (Å²) in [6.07, 6.45) is 0.870. The summed E-state index contributed by atoms with van der Waals surface area (Å²) in [4.78, 5) is 23.7. The van der Waals surface area contributed by atoms with Crippen molar-refractivity contribution in [3.05, 3.63) is 34.3 Å². The molecule has 0 fully saturated rings. The van der Waals surface area contributed by atoms with E-state index in [1.165, 1.54) is 4.90 Å². The van der Waals surface area contributed by atoms with Gasteiger partial charge >= 0.3 is 5.97 Å². The molecule has 0 aliphatic rings. The van der Waals surface area contributed by atoms with Gasteiger partial charge in [-0.1, -0.05) is 28.1 Å². The largest absolute Gasteiger partial charge is 0.479 e. The molecule has 1 N–H and O–H groups in total. The Bertz CT molecular complexity index is 432. The Hall–Kier alpha value is -1.36. The number of hydrogen-bond donors (Lipinski definition) is 1. The van der Waals surface area contributed by atoms with Gasteiger partial charge in [-0.25, -0.2) is 4.79 Å². The van der Waals surface area contributed by atoms with E-state index < -0.39 is 11.5 Å². The topological polar surface area (TPSA) is 57.6 Å². The monoisotopic (exact) mass is 313 g/mol. The summed E-state index contributed by atoms with van der Waals surface area (Å²) in [5.41, 5.74) is -0.340. The average molecular weight is 314 g/mol. The van der Waals surface area contributed by atoms with Gasteiger partial charge in [0.25, 0.3) is 0 Å². The molecule has 1 unspecified atom stereocenters. The molecule has 1 atom stereocenters. The van der Waals surface area contributed by atoms with E-state index in [1.807, 2.05) is 24.3 Å². The van der Waals surface area contributed by atoms with E-state index in [0.29, 0.717) is 13.0 Å². The van der Waals surface area contributed by atoms with E-state index in [-0.39, 0.29) is 6.42 Å². The third-order valence-electron chi connectivity index (χ3n) is 3.02. The van der Waals surface area contributed by atoms with Crippen LogP contribution < -0.4 is 0 Å². The van der Waals surface area contributed by atoms with Crippen LogP contribution in [0.4, 0.5) is 0 Å². The maximum absolute atomic E-state index is 11.4. The lowest BCUT2D eigenvalue weighted by molar-refractivity contribution is -0.153. The number of amides is 1. The van der Waals surface area contributed by atoms with Gasteiger partial charge in [0, 0.05) is 17.4 Å². The van der Waals surface area contributed by atoms with Gasteiger partial charge in [-0.2, -0.15) is 0 Å². The molecule has 0 aliphatic heterocycles. The van der Waals surface area contributed by atoms with Crippen molar-refractivity contribution in [2.24, 2.45) is 0 Å². The number of rotatable bonds is 6. The molecular weight excluding hydrogens is 298 g/mol. The molecule has 1 aromatic carbocycles. The third-order valence-corrected chi connectivity index (χ3v) is 3.55. The highest BCUT2D eigenvalue weighted by molar-refractivity contribution is 9.10. The highest BCUT2D eigenvalue weighted by atomic mass is 79.9. The molecule has 0 aromatic heterocycles. The Morgan fingerprint density at radius 2 is 2.00 bits per heavy atom. The molecule has 4 nitrogen and oxygen atoms in total. The predicted octanol–water partition coefficient (Wildman–Crippen LogP) is 2.31. The number of carboxylic acids is 1. The quantitative estimate of drug-likeness (QED) is 0.820. The van der Waals surface area contributed by atoms with E-state index in [0.717, 1.165) is 10.0 Å². The molecule has 18 heavy (non-hydrogen) atoms. The predicted molar refractivity (Wildman–Crippen MR) is 72.3 cm³/mol. The van der Waals surface area contributed by atoms with Crippen molar-refractivity contribution in [2.75, 3.05) is 6.54 Å². The second-order valence-corrected chi connectivity index (χ2v) is 5.19. The molecule has 1 rings (SSSR count). The van der Waals surface area contributed by atoms with E-state index in [4.69, 9.17) is 0 Å². The Morgan fingerprint density at radius 1 is 1.44 bits per heavy atom. The number of aliphatic carboxylic acids is 1. The Kier molecular flexibility index (Phi) is 4.90. The number of carboxylic acid groups (broad SMARTS) is 1. The van der Waals surface area contributed by atoms with Crippen molar-refractivity contribution in [3.63, 3.8) is 0 Å². The molecule has 0 saturated carbocycles. The van der Waals surface area contributed by atoms with Crippen molar-refractivity contribution < 1.29 is 14.7 Å². The minimum atomic E-state index is -1.22. The highest BCUT2D eigenvalue weighted by Gasteiger charge is 2.38. The first-order valence-corrected chi connectivity index (χ1v) is 6.43. The second kappa shape index (κ2) is 6.00. The lowest BCUT2D eigenvalue weighted by Crippen LogP contribution is -2.53. The fourth-order valence-electron chi connectivity index (χ4n) is 1.84. The maximum Gasteiger partial charge on any atom is 0.329 e. The van der Waals surface area contributed by atoms with Crippen LogP contribution in [-0.4, -0.2) is 34.5 Å². The van der Waals surface area contributed by atoms with Gasteiger partial charge in [0.05, 0.1) is 0 Å². The molecule has 0 radical (unpaired) electrons. The first kappa shape index (κ1) is 14.7. The standard InChI is InChI=1S/C13H16BrNO3/c1-3-15(9-16)13(2,12(17)18)8-10-4-6-11(14)7-5-10/h4-7,9H,3,8H2,1-2H3,(H,17,18). The number of hydrogen-bond acceptors (Lipinski definition) is 2. The van der Waals surface area contributed by atoms with Gasteiger partial charge in [-0.3, -0.25) is 4.79 Å². The van der Waals surface area contributed by atoms with E-state index >= 15 is 0 Å². The number of halogens is 1. The second-order valence-electron chi connectivity index (χ2n) is 4.27. The summed E-state index contributed by atoms with van der Waals surface area (Å²) in [6, 6.07) is 7.41. The zero-order chi connectivity index (χ0) is 13.8. The van der Waals surface area contributed by atoms with Crippen LogP contribution in [0.3, 0.4) is 0 Å². The minimum Gasteiger partial charge on any atom is -0.479 e. The van der Waals surface area contributed by atoms with E-state index in [1.54, 1.807) is 13.8 Å². The van der Waals surface area contributed by atoms with Crippen molar-refractivity contribution >= 4 is 28.3 Å². The van der Waals surface area contributed by atoms with Crippen LogP contribution in [-0.2, 0) is 16.0 Å². The van der Waals surface area contributed by atoms with E-state index in [2.05, 4.69) is 15.9 Å². The SMILES string of the molecule is CCN(C=O)C(C)(Cc1ccc(Br)cc1)C(=O)O. The van der Waals surface area contributed by atoms with Gasteiger partial charge in [-0.15, -0.1) is 0 Å². The Balaban J connectivity index is 3.02. The summed E-state index contributed by atoms with van der Waals surface area (Å²) in [7, 11) is 0. The molecule has 0 spiro atoms. The van der Waals surface area contributed by atoms with Crippen molar-refractivity contribution in [1.82, 2.24) is 4.90 Å². The van der Waals surface area contributed by atoms with Gasteiger partial charge in [0.1, 0.15) is 5.54 Å². The van der Waals surface area contributed by atoms with Crippen molar-refractivity contribution in [2.45, 2.75) is 25.8 Å². The summed E-state index contributed by atoms with van der Waals surface area (Å²) in [6.45, 7) is 3.69. The normalized spacial score (nSPS) is 13.7. The number of carbonyl (C=O) groups is 2. The zero-order valence-corrected chi connectivity index (χ0v) is 12.0. The molecule has 1 aromatic rings. The average Bonchev–Trinajstić information content (AvgIpc) is 2.33. The van der Waals surface area contributed by atoms with Crippen LogP contribution in [0.5, 0.6) is 0 Å². The van der Waals surface area contributed by atoms with Gasteiger partial charge in [-0.05, 0) is 31.5 Å². The van der Waals surface area contributed by atoms with Crippen molar-refractivity contribution in [3.8, 4) is 0 Å². The zero-order valence-electron chi connectivity index (χ0n) is 10.4. The highest BCUT2D eigenvalue weighted by Crippen LogP contribution is 2.21. The van der Waals surface area contributed by atoms with Crippen LogP contribution in [0, 0.1) is 0 Å². The van der Waals surface area contributed by atoms with E-state index in [9.17, 15) is 14.7 Å². The number of carbonyl (C=O) groups excluding carboxylic acids is 1. The summed E-state index contributed by atoms with van der Waals surface area (Å²) in [5, 5.41) is 9.37. The smallest absolute Gasteiger partial charge is 0.329 e. The molecule has 0 heterocycles. The van der Waals surface area contributed by atoms with Crippen LogP contribution in [0.2, 0.25) is 0 Å². The van der Waals surface area contributed by atoms with Crippen LogP contribution in [0.25, 0.3) is 0 Å². The summed E-state index contributed by atoms with van der Waals surface area (Å²) >= 11 is 3.33. The first-order chi connectivity index (χ1) is 8.43. The molecule has 98 valence electrons. The van der Waals surface area contributed by atoms with Gasteiger partial charge in [0.15, 0.2) is 0 Å². The maximum atomic E-state index is 11.4. The Morgan fingerprint density at radius 3 is 2.39 bits per heavy atom. The summed E-state index contributed by atoms with van der Waals surface area (Å²) < 4.78 is 0.936. The molecule has 0 aliphatic carbocycles. The van der Waals surface area contributed by atoms with Crippen molar-refractivity contribution in [1.29, 1.82) is 0 Å². The molecular formula is C13H16BrNO3. The number of benzene rings is 1. The first-order valence-electron chi connectivity index (χ1n) is 5.64. The van der Waals surface area contributed by atoms with Crippen LogP contribution >= 0.6 is 15.9 Å². The lowest BCUT2D eigenvalue weighted by atomic mass is 9.91. The third kappa shape index (κ3) is 3.10. The molecule has 0 bridgehead atoms. The fourth-order valence-corrected chi connectivity index (χ4v) is 2.10. The molecule has 1 amide bonds. The molecule has 5 heteroatoms. The molecule has 0 saturated heterocycles. The number of likely N-dealkylation sites (N-methyl/N-ethyl adjacent to an activating group) is 1. The minimum absolute atomic E-state index is 0.280. The lowest BCUT2D eigenvalue weighted by Gasteiger charge is -2.34. The summed E-state index contributed by atoms with van der Waals surface area (Å²) in [5.74, 6) is -1.00. The Labute approximate surface area is 115 Å². The fraction of sp³-hybridized carbons (Fsp3) is 0.385. The number of nitrogens with zero attached hydrogens (tertiary/aromatic N) is 1. The van der Waals surface area contributed by atoms with Gasteiger partial charge < -0.3 is 10.0 Å². The van der Waals surface area contributed by atoms with Crippen LogP contribution in [0.15, 0.2) is 28.7 Å².